The molecular formula is C9H18O2S. The first-order valence-corrected chi connectivity index (χ1v) is 5.79. The maximum atomic E-state index is 11.5. The lowest BCUT2D eigenvalue weighted by molar-refractivity contribution is 0.588. The molecular weight excluding hydrogens is 172 g/mol. The van der Waals surface area contributed by atoms with E-state index in [-0.39, 0.29) is 11.7 Å². The summed E-state index contributed by atoms with van der Waals surface area (Å²) in [6.45, 7) is 9.15. The third-order valence-electron chi connectivity index (χ3n) is 1.72. The molecule has 0 unspecified atom stereocenters. The van der Waals surface area contributed by atoms with Gasteiger partial charge in [0, 0.05) is 4.91 Å². The first-order valence-electron chi connectivity index (χ1n) is 4.14. The summed E-state index contributed by atoms with van der Waals surface area (Å²) < 4.78 is 23.0. The molecule has 0 aromatic heterocycles. The van der Waals surface area contributed by atoms with Crippen LogP contribution in [-0.4, -0.2) is 14.2 Å². The summed E-state index contributed by atoms with van der Waals surface area (Å²) in [5.41, 5.74) is 0.885. The van der Waals surface area contributed by atoms with Gasteiger partial charge in [0.15, 0.2) is 9.84 Å². The minimum Gasteiger partial charge on any atom is -0.224 e. The fraction of sp³-hybridized carbons (Fsp3) is 0.778. The van der Waals surface area contributed by atoms with Gasteiger partial charge in [0.25, 0.3) is 0 Å². The van der Waals surface area contributed by atoms with Gasteiger partial charge in [-0.15, -0.1) is 0 Å². The summed E-state index contributed by atoms with van der Waals surface area (Å²) in [7, 11) is -2.98. The van der Waals surface area contributed by atoms with E-state index in [9.17, 15) is 8.42 Å². The minimum atomic E-state index is -2.98. The highest BCUT2D eigenvalue weighted by molar-refractivity contribution is 7.95. The quantitative estimate of drug-likeness (QED) is 0.684. The van der Waals surface area contributed by atoms with E-state index in [2.05, 4.69) is 0 Å². The highest BCUT2D eigenvalue weighted by Gasteiger charge is 2.16. The Morgan fingerprint density at radius 3 is 1.83 bits per heavy atom. The molecule has 0 spiro atoms. The second-order valence-corrected chi connectivity index (χ2v) is 5.91. The van der Waals surface area contributed by atoms with Gasteiger partial charge >= 0.3 is 0 Å². The standard InChI is InChI=1S/C9H18O2S/c1-7(2)6-12(10,11)9(5)8(3)4/h7H,6H2,1-5H3. The molecule has 0 rings (SSSR count). The summed E-state index contributed by atoms with van der Waals surface area (Å²) in [5, 5.41) is 0. The van der Waals surface area contributed by atoms with E-state index < -0.39 is 9.84 Å². The summed E-state index contributed by atoms with van der Waals surface area (Å²) in [6, 6.07) is 0. The van der Waals surface area contributed by atoms with E-state index in [1.807, 2.05) is 27.7 Å². The molecule has 0 saturated heterocycles. The molecule has 0 atom stereocenters. The van der Waals surface area contributed by atoms with E-state index >= 15 is 0 Å². The Hall–Kier alpha value is -0.310. The lowest BCUT2D eigenvalue weighted by Crippen LogP contribution is -2.13. The van der Waals surface area contributed by atoms with Crippen LogP contribution in [0.25, 0.3) is 0 Å². The predicted octanol–water partition coefficient (Wildman–Crippen LogP) is 2.37. The molecule has 0 aliphatic rings. The largest absolute Gasteiger partial charge is 0.224 e. The molecule has 0 radical (unpaired) electrons. The van der Waals surface area contributed by atoms with Crippen molar-refractivity contribution in [3.63, 3.8) is 0 Å². The Morgan fingerprint density at radius 2 is 1.58 bits per heavy atom. The first-order chi connectivity index (χ1) is 5.27. The SMILES string of the molecule is CC(C)=C(C)S(=O)(=O)CC(C)C. The van der Waals surface area contributed by atoms with Crippen LogP contribution in [0, 0.1) is 5.92 Å². The molecule has 0 aliphatic heterocycles. The molecule has 0 aliphatic carbocycles. The molecule has 3 heteroatoms. The Morgan fingerprint density at radius 1 is 1.17 bits per heavy atom. The Balaban J connectivity index is 4.78. The van der Waals surface area contributed by atoms with Crippen LogP contribution in [0.2, 0.25) is 0 Å². The van der Waals surface area contributed by atoms with Crippen LogP contribution in [0.15, 0.2) is 10.5 Å². The van der Waals surface area contributed by atoms with Gasteiger partial charge in [-0.1, -0.05) is 19.4 Å². The van der Waals surface area contributed by atoms with E-state index in [4.69, 9.17) is 0 Å². The monoisotopic (exact) mass is 190 g/mol. The van der Waals surface area contributed by atoms with E-state index in [1.54, 1.807) is 6.92 Å². The smallest absolute Gasteiger partial charge is 0.174 e. The number of sulfone groups is 1. The predicted molar refractivity (Wildman–Crippen MR) is 52.7 cm³/mol. The van der Waals surface area contributed by atoms with Crippen LogP contribution >= 0.6 is 0 Å². The molecule has 2 nitrogen and oxygen atoms in total. The molecule has 0 fully saturated rings. The van der Waals surface area contributed by atoms with Crippen LogP contribution in [0.5, 0.6) is 0 Å². The van der Waals surface area contributed by atoms with Crippen molar-refractivity contribution < 1.29 is 8.42 Å². The van der Waals surface area contributed by atoms with E-state index in [1.165, 1.54) is 0 Å². The van der Waals surface area contributed by atoms with Crippen molar-refractivity contribution >= 4 is 9.84 Å². The van der Waals surface area contributed by atoms with Gasteiger partial charge in [-0.2, -0.15) is 0 Å². The fourth-order valence-electron chi connectivity index (χ4n) is 0.875. The normalized spacial score (nSPS) is 11.8. The van der Waals surface area contributed by atoms with Crippen LogP contribution in [0.1, 0.15) is 34.6 Å². The lowest BCUT2D eigenvalue weighted by Gasteiger charge is -2.08. The van der Waals surface area contributed by atoms with Crippen molar-refractivity contribution in [3.05, 3.63) is 10.5 Å². The van der Waals surface area contributed by atoms with Crippen molar-refractivity contribution in [2.75, 3.05) is 5.75 Å². The van der Waals surface area contributed by atoms with Gasteiger partial charge in [-0.05, 0) is 26.7 Å². The minimum absolute atomic E-state index is 0.198. The van der Waals surface area contributed by atoms with Gasteiger partial charge in [0.2, 0.25) is 0 Å². The lowest BCUT2D eigenvalue weighted by atomic mass is 10.3. The Labute approximate surface area is 75.6 Å². The highest BCUT2D eigenvalue weighted by Crippen LogP contribution is 2.14. The number of allylic oxidation sites excluding steroid dienone is 2. The van der Waals surface area contributed by atoms with Crippen LogP contribution in [-0.2, 0) is 9.84 Å². The average Bonchev–Trinajstić information content (AvgIpc) is 1.82. The zero-order chi connectivity index (χ0) is 9.94. The van der Waals surface area contributed by atoms with Crippen LogP contribution in [0.4, 0.5) is 0 Å². The summed E-state index contributed by atoms with van der Waals surface area (Å²) in [5.74, 6) is 0.452. The van der Waals surface area contributed by atoms with E-state index in [0.29, 0.717) is 4.91 Å². The number of hydrogen-bond donors (Lipinski definition) is 0. The van der Waals surface area contributed by atoms with Gasteiger partial charge in [0.1, 0.15) is 0 Å². The van der Waals surface area contributed by atoms with Gasteiger partial charge in [0.05, 0.1) is 5.75 Å². The van der Waals surface area contributed by atoms with Gasteiger partial charge < -0.3 is 0 Å². The molecule has 0 bridgehead atoms. The molecule has 12 heavy (non-hydrogen) atoms. The van der Waals surface area contributed by atoms with Crippen molar-refractivity contribution in [1.82, 2.24) is 0 Å². The summed E-state index contributed by atoms with van der Waals surface area (Å²) in [6.07, 6.45) is 0. The van der Waals surface area contributed by atoms with Crippen LogP contribution in [0.3, 0.4) is 0 Å². The van der Waals surface area contributed by atoms with Gasteiger partial charge in [-0.25, -0.2) is 8.42 Å². The molecule has 0 heterocycles. The Bertz CT molecular complexity index is 267. The Kier molecular flexibility index (Phi) is 3.97. The number of rotatable bonds is 3. The second-order valence-electron chi connectivity index (χ2n) is 3.73. The maximum Gasteiger partial charge on any atom is 0.174 e. The molecule has 0 aromatic carbocycles. The number of hydrogen-bond acceptors (Lipinski definition) is 2. The maximum absolute atomic E-state index is 11.5. The molecule has 0 amide bonds. The van der Waals surface area contributed by atoms with Gasteiger partial charge in [-0.3, -0.25) is 0 Å². The van der Waals surface area contributed by atoms with Crippen molar-refractivity contribution in [2.45, 2.75) is 34.6 Å². The third kappa shape index (κ3) is 3.39. The molecule has 0 N–H and O–H groups in total. The first kappa shape index (κ1) is 11.7. The van der Waals surface area contributed by atoms with Crippen molar-refractivity contribution in [2.24, 2.45) is 5.92 Å². The fourth-order valence-corrected chi connectivity index (χ4v) is 2.62. The van der Waals surface area contributed by atoms with Crippen molar-refractivity contribution in [3.8, 4) is 0 Å². The second kappa shape index (κ2) is 4.08. The van der Waals surface area contributed by atoms with Crippen molar-refractivity contribution in [1.29, 1.82) is 0 Å². The van der Waals surface area contributed by atoms with E-state index in [0.717, 1.165) is 5.57 Å². The molecule has 72 valence electrons. The zero-order valence-electron chi connectivity index (χ0n) is 8.51. The molecule has 0 aromatic rings. The third-order valence-corrected chi connectivity index (χ3v) is 4.17. The molecule has 0 saturated carbocycles. The summed E-state index contributed by atoms with van der Waals surface area (Å²) >= 11 is 0. The topological polar surface area (TPSA) is 34.1 Å². The average molecular weight is 190 g/mol. The van der Waals surface area contributed by atoms with Crippen LogP contribution < -0.4 is 0 Å². The zero-order valence-corrected chi connectivity index (χ0v) is 9.33. The highest BCUT2D eigenvalue weighted by atomic mass is 32.2. The summed E-state index contributed by atoms with van der Waals surface area (Å²) in [4.78, 5) is 0.524.